The molecule has 2 aromatic rings. The van der Waals surface area contributed by atoms with Crippen molar-refractivity contribution in [1.82, 2.24) is 20.7 Å². The van der Waals surface area contributed by atoms with Crippen molar-refractivity contribution in [2.24, 2.45) is 0 Å². The Morgan fingerprint density at radius 1 is 1.13 bits per heavy atom. The van der Waals surface area contributed by atoms with Gasteiger partial charge in [-0.3, -0.25) is 15.0 Å². The molecule has 1 spiro atoms. The smallest absolute Gasteiger partial charge is 0.344 e. The molecule has 1 aromatic heterocycles. The van der Waals surface area contributed by atoms with Gasteiger partial charge in [-0.15, -0.1) is 0 Å². The molecule has 1 aliphatic carbocycles. The van der Waals surface area contributed by atoms with Gasteiger partial charge in [-0.2, -0.15) is 5.01 Å². The average Bonchev–Trinajstić information content (AvgIpc) is 2.99. The van der Waals surface area contributed by atoms with Crippen LogP contribution in [-0.2, 0) is 4.79 Å². The van der Waals surface area contributed by atoms with Gasteiger partial charge in [0.25, 0.3) is 11.8 Å². The third-order valence-corrected chi connectivity index (χ3v) is 5.65. The molecule has 2 N–H and O–H groups in total. The molecule has 0 bridgehead atoms. The highest BCUT2D eigenvalue weighted by Gasteiger charge is 2.52. The maximum Gasteiger partial charge on any atom is 0.344 e. The monoisotopic (exact) mass is 408 g/mol. The maximum atomic E-state index is 12.8. The molecular formula is C22H24N4O4. The molecule has 4 amide bonds. The van der Waals surface area contributed by atoms with E-state index in [1.807, 2.05) is 37.3 Å². The number of nitrogens with one attached hydrogen (secondary N) is 2. The predicted molar refractivity (Wildman–Crippen MR) is 108 cm³/mol. The SMILES string of the molecule is CC(Oc1ccc(C(=O)NN2C(=O)NC3(CCCCC3)C2=O)cn1)c1ccccc1. The second-order valence-corrected chi connectivity index (χ2v) is 7.71. The second-order valence-electron chi connectivity index (χ2n) is 7.71. The summed E-state index contributed by atoms with van der Waals surface area (Å²) in [5, 5.41) is 3.55. The van der Waals surface area contributed by atoms with Crippen molar-refractivity contribution >= 4 is 17.8 Å². The number of hydrogen-bond acceptors (Lipinski definition) is 5. The standard InChI is InChI=1S/C22H24N4O4/c1-15(16-8-4-2-5-9-16)30-18-11-10-17(14-23-18)19(27)25-26-20(28)22(24-21(26)29)12-6-3-7-13-22/h2,4-5,8-11,14-15H,3,6-7,12-13H2,1H3,(H,24,29)(H,25,27). The Kier molecular flexibility index (Phi) is 5.39. The number of nitrogens with zero attached hydrogens (tertiary/aromatic N) is 2. The van der Waals surface area contributed by atoms with Crippen molar-refractivity contribution in [2.75, 3.05) is 0 Å². The van der Waals surface area contributed by atoms with E-state index in [-0.39, 0.29) is 11.7 Å². The van der Waals surface area contributed by atoms with Crippen molar-refractivity contribution in [3.05, 3.63) is 59.8 Å². The zero-order valence-electron chi connectivity index (χ0n) is 16.8. The van der Waals surface area contributed by atoms with Gasteiger partial charge in [-0.05, 0) is 31.4 Å². The molecule has 1 saturated heterocycles. The number of rotatable bonds is 5. The second kappa shape index (κ2) is 8.14. The van der Waals surface area contributed by atoms with Crippen molar-refractivity contribution < 1.29 is 19.1 Å². The highest BCUT2D eigenvalue weighted by molar-refractivity contribution is 6.09. The molecule has 1 unspecified atom stereocenters. The van der Waals surface area contributed by atoms with E-state index < -0.39 is 23.4 Å². The Morgan fingerprint density at radius 2 is 1.87 bits per heavy atom. The molecule has 1 aliphatic heterocycles. The lowest BCUT2D eigenvalue weighted by atomic mass is 9.82. The van der Waals surface area contributed by atoms with Crippen molar-refractivity contribution in [3.8, 4) is 5.88 Å². The fraction of sp³-hybridized carbons (Fsp3) is 0.364. The van der Waals surface area contributed by atoms with Crippen LogP contribution in [0.1, 0.15) is 61.1 Å². The number of carbonyl (C=O) groups is 3. The van der Waals surface area contributed by atoms with Gasteiger partial charge in [0.15, 0.2) is 0 Å². The Balaban J connectivity index is 1.39. The van der Waals surface area contributed by atoms with E-state index in [4.69, 9.17) is 4.74 Å². The fourth-order valence-electron chi connectivity index (χ4n) is 3.94. The van der Waals surface area contributed by atoms with Crippen molar-refractivity contribution in [1.29, 1.82) is 0 Å². The number of pyridine rings is 1. The minimum atomic E-state index is -0.883. The summed E-state index contributed by atoms with van der Waals surface area (Å²) in [6.45, 7) is 1.91. The zero-order chi connectivity index (χ0) is 21.1. The first-order valence-corrected chi connectivity index (χ1v) is 10.1. The Labute approximate surface area is 174 Å². The molecular weight excluding hydrogens is 384 g/mol. The fourth-order valence-corrected chi connectivity index (χ4v) is 3.94. The van der Waals surface area contributed by atoms with Crippen LogP contribution in [0.3, 0.4) is 0 Å². The summed E-state index contributed by atoms with van der Waals surface area (Å²) in [7, 11) is 0. The van der Waals surface area contributed by atoms with E-state index >= 15 is 0 Å². The van der Waals surface area contributed by atoms with Gasteiger partial charge in [0.1, 0.15) is 11.6 Å². The van der Waals surface area contributed by atoms with Crippen LogP contribution in [0.4, 0.5) is 4.79 Å². The molecule has 1 saturated carbocycles. The van der Waals surface area contributed by atoms with Crippen molar-refractivity contribution in [3.63, 3.8) is 0 Å². The third kappa shape index (κ3) is 3.85. The number of hydrazine groups is 1. The first-order valence-electron chi connectivity index (χ1n) is 10.1. The number of benzene rings is 1. The number of aromatic nitrogens is 1. The molecule has 8 heteroatoms. The molecule has 1 atom stereocenters. The average molecular weight is 408 g/mol. The van der Waals surface area contributed by atoms with E-state index in [0.29, 0.717) is 18.7 Å². The Morgan fingerprint density at radius 3 is 2.53 bits per heavy atom. The summed E-state index contributed by atoms with van der Waals surface area (Å²) in [5.74, 6) is -0.606. The molecule has 2 fully saturated rings. The molecule has 2 aliphatic rings. The van der Waals surface area contributed by atoms with Gasteiger partial charge in [-0.25, -0.2) is 9.78 Å². The number of ether oxygens (including phenoxy) is 1. The molecule has 0 radical (unpaired) electrons. The van der Waals surface area contributed by atoms with Crippen LogP contribution in [0.15, 0.2) is 48.7 Å². The van der Waals surface area contributed by atoms with Crippen LogP contribution in [0.25, 0.3) is 0 Å². The minimum absolute atomic E-state index is 0.198. The highest BCUT2D eigenvalue weighted by atomic mass is 16.5. The number of carbonyl (C=O) groups excluding carboxylic acids is 3. The Hall–Kier alpha value is -3.42. The normalized spacial score (nSPS) is 18.8. The lowest BCUT2D eigenvalue weighted by molar-refractivity contribution is -0.134. The molecule has 2 heterocycles. The highest BCUT2D eigenvalue weighted by Crippen LogP contribution is 2.33. The summed E-state index contributed by atoms with van der Waals surface area (Å²) in [6, 6.07) is 12.3. The van der Waals surface area contributed by atoms with Crippen LogP contribution in [0.2, 0.25) is 0 Å². The summed E-state index contributed by atoms with van der Waals surface area (Å²) >= 11 is 0. The Bertz CT molecular complexity index is 939. The molecule has 8 nitrogen and oxygen atoms in total. The molecule has 30 heavy (non-hydrogen) atoms. The zero-order valence-corrected chi connectivity index (χ0v) is 16.8. The van der Waals surface area contributed by atoms with Crippen LogP contribution >= 0.6 is 0 Å². The van der Waals surface area contributed by atoms with E-state index in [1.54, 1.807) is 12.1 Å². The quantitative estimate of drug-likeness (QED) is 0.741. The first kappa shape index (κ1) is 19.9. The number of imide groups is 1. The van der Waals surface area contributed by atoms with E-state index in [1.165, 1.54) is 6.20 Å². The summed E-state index contributed by atoms with van der Waals surface area (Å²) in [6.07, 6.45) is 5.14. The van der Waals surface area contributed by atoms with E-state index in [2.05, 4.69) is 15.7 Å². The lowest BCUT2D eigenvalue weighted by Crippen LogP contribution is -2.50. The number of hydrogen-bond donors (Lipinski definition) is 2. The topological polar surface area (TPSA) is 101 Å². The largest absolute Gasteiger partial charge is 0.470 e. The van der Waals surface area contributed by atoms with Gasteiger partial charge < -0.3 is 10.1 Å². The molecule has 1 aromatic carbocycles. The van der Waals surface area contributed by atoms with Crippen LogP contribution < -0.4 is 15.5 Å². The number of amides is 4. The predicted octanol–water partition coefficient (Wildman–Crippen LogP) is 3.12. The maximum absolute atomic E-state index is 12.8. The minimum Gasteiger partial charge on any atom is -0.470 e. The van der Waals surface area contributed by atoms with E-state index in [9.17, 15) is 14.4 Å². The van der Waals surface area contributed by atoms with Gasteiger partial charge in [0, 0.05) is 12.3 Å². The third-order valence-electron chi connectivity index (χ3n) is 5.65. The lowest BCUT2D eigenvalue weighted by Gasteiger charge is -2.30. The van der Waals surface area contributed by atoms with Gasteiger partial charge >= 0.3 is 6.03 Å². The first-order chi connectivity index (χ1) is 14.5. The summed E-state index contributed by atoms with van der Waals surface area (Å²) < 4.78 is 5.81. The van der Waals surface area contributed by atoms with Crippen molar-refractivity contribution in [2.45, 2.75) is 50.7 Å². The van der Waals surface area contributed by atoms with Crippen LogP contribution in [-0.4, -0.2) is 33.4 Å². The molecule has 156 valence electrons. The molecule has 4 rings (SSSR count). The van der Waals surface area contributed by atoms with Gasteiger partial charge in [0.05, 0.1) is 5.56 Å². The summed E-state index contributed by atoms with van der Waals surface area (Å²) in [4.78, 5) is 41.8. The van der Waals surface area contributed by atoms with Gasteiger partial charge in [0.2, 0.25) is 5.88 Å². The van der Waals surface area contributed by atoms with Gasteiger partial charge in [-0.1, -0.05) is 49.6 Å². The number of urea groups is 1. The van der Waals surface area contributed by atoms with Crippen LogP contribution in [0.5, 0.6) is 5.88 Å². The van der Waals surface area contributed by atoms with E-state index in [0.717, 1.165) is 29.8 Å². The van der Waals surface area contributed by atoms with Crippen LogP contribution in [0, 0.1) is 0 Å². The summed E-state index contributed by atoms with van der Waals surface area (Å²) in [5.41, 5.74) is 2.75.